The number of nitrogens with one attached hydrogen (secondary N) is 1. The number of unbranched alkanes of at least 4 members (excludes halogenated alkanes) is 1. The number of nitrogens with zero attached hydrogens (tertiary/aromatic N) is 4. The number of aryl methyl sites for hydroxylation is 1. The number of rotatable bonds is 10. The number of carbonyl (C=O) groups excluding carboxylic acids is 1. The first-order valence-electron chi connectivity index (χ1n) is 14.1. The van der Waals surface area contributed by atoms with E-state index in [1.165, 1.54) is 11.5 Å². The van der Waals surface area contributed by atoms with Crippen molar-refractivity contribution in [1.82, 2.24) is 19.1 Å². The Bertz CT molecular complexity index is 1670. The van der Waals surface area contributed by atoms with Crippen molar-refractivity contribution in [3.63, 3.8) is 0 Å². The molecule has 0 spiro atoms. The van der Waals surface area contributed by atoms with E-state index in [-0.39, 0.29) is 52.7 Å². The second-order valence-corrected chi connectivity index (χ2v) is 16.7. The number of fused-ring (bicyclic) bond motifs is 1. The summed E-state index contributed by atoms with van der Waals surface area (Å²) < 4.78 is 9.49. The van der Waals surface area contributed by atoms with Gasteiger partial charge in [-0.25, -0.2) is 9.78 Å². The van der Waals surface area contributed by atoms with Crippen LogP contribution in [-0.4, -0.2) is 33.3 Å². The molecule has 0 saturated heterocycles. The summed E-state index contributed by atoms with van der Waals surface area (Å²) in [6.07, 6.45) is 2.10. The van der Waals surface area contributed by atoms with Crippen molar-refractivity contribution in [3.05, 3.63) is 91.6 Å². The Morgan fingerprint density at radius 1 is 1.05 bits per heavy atom. The fraction of sp³-hybridized carbons (Fsp3) is 0.419. The molecule has 2 aromatic carbocycles. The molecule has 11 heteroatoms. The van der Waals surface area contributed by atoms with Crippen LogP contribution in [0.15, 0.2) is 58.1 Å². The third kappa shape index (κ3) is 7.53. The zero-order valence-corrected chi connectivity index (χ0v) is 29.1. The Labute approximate surface area is 270 Å². The minimum absolute atomic E-state index is 0. The summed E-state index contributed by atoms with van der Waals surface area (Å²) in [6, 6.07) is 14.9. The van der Waals surface area contributed by atoms with E-state index < -0.39 is 13.9 Å². The van der Waals surface area contributed by atoms with Crippen LogP contribution in [0.25, 0.3) is 16.5 Å². The SMILES string of the molecule is CCCCn1c(=O)n(Cc2ccccc2O[Si](C)(C)C(C)(C)C)c(=O)c2[nH]c(Cc3ccc([N-]C(C)=O)cc3)nc21.[Na+]. The van der Waals surface area contributed by atoms with E-state index in [1.54, 1.807) is 16.7 Å². The summed E-state index contributed by atoms with van der Waals surface area (Å²) in [5.41, 5.74) is 2.19. The van der Waals surface area contributed by atoms with Gasteiger partial charge in [-0.15, -0.1) is 5.69 Å². The molecule has 4 rings (SSSR count). The number of carbonyl (C=O) groups is 1. The Balaban J connectivity index is 0.00000484. The Morgan fingerprint density at radius 3 is 2.33 bits per heavy atom. The molecule has 1 amide bonds. The topological polar surface area (TPSA) is 113 Å². The monoisotopic (exact) mass is 597 g/mol. The van der Waals surface area contributed by atoms with Gasteiger partial charge < -0.3 is 19.5 Å². The second-order valence-electron chi connectivity index (χ2n) is 12.0. The van der Waals surface area contributed by atoms with Gasteiger partial charge in [0.05, 0.1) is 12.5 Å². The molecule has 0 unspecified atom stereocenters. The maximum Gasteiger partial charge on any atom is 1.00 e. The van der Waals surface area contributed by atoms with Gasteiger partial charge in [0.2, 0.25) is 8.32 Å². The Hall–Kier alpha value is -2.92. The summed E-state index contributed by atoms with van der Waals surface area (Å²) in [7, 11) is -2.15. The normalized spacial score (nSPS) is 11.8. The molecule has 0 aliphatic carbocycles. The van der Waals surface area contributed by atoms with Gasteiger partial charge in [0.25, 0.3) is 5.56 Å². The van der Waals surface area contributed by atoms with Gasteiger partial charge in [-0.1, -0.05) is 76.6 Å². The molecular formula is C31H40N5NaO4Si. The van der Waals surface area contributed by atoms with E-state index in [1.807, 2.05) is 36.4 Å². The number of hydrogen-bond acceptors (Lipinski definition) is 5. The smallest absolute Gasteiger partial charge is 0.627 e. The Morgan fingerprint density at radius 2 is 1.71 bits per heavy atom. The average molecular weight is 598 g/mol. The number of para-hydroxylation sites is 1. The van der Waals surface area contributed by atoms with Crippen molar-refractivity contribution in [3.8, 4) is 5.75 Å². The second kappa shape index (κ2) is 13.6. The van der Waals surface area contributed by atoms with E-state index in [0.717, 1.165) is 24.0 Å². The number of amides is 1. The van der Waals surface area contributed by atoms with Gasteiger partial charge in [-0.2, -0.15) is 0 Å². The van der Waals surface area contributed by atoms with E-state index in [4.69, 9.17) is 9.41 Å². The van der Waals surface area contributed by atoms with Gasteiger partial charge in [-0.05, 0) is 43.1 Å². The molecule has 0 aliphatic heterocycles. The van der Waals surface area contributed by atoms with Crippen molar-refractivity contribution in [1.29, 1.82) is 0 Å². The quantitative estimate of drug-likeness (QED) is 0.282. The number of hydrogen-bond donors (Lipinski definition) is 1. The number of imidazole rings is 1. The molecule has 0 saturated carbocycles. The van der Waals surface area contributed by atoms with Crippen molar-refractivity contribution < 1.29 is 38.8 Å². The van der Waals surface area contributed by atoms with Crippen LogP contribution in [0.3, 0.4) is 0 Å². The molecule has 0 bridgehead atoms. The molecule has 2 aromatic heterocycles. The maximum atomic E-state index is 13.8. The van der Waals surface area contributed by atoms with Crippen LogP contribution in [0.1, 0.15) is 64.4 Å². The van der Waals surface area contributed by atoms with Gasteiger partial charge in [0.15, 0.2) is 5.65 Å². The molecule has 2 heterocycles. The molecule has 0 aliphatic rings. The number of H-pyrrole nitrogens is 1. The van der Waals surface area contributed by atoms with E-state index in [9.17, 15) is 14.4 Å². The van der Waals surface area contributed by atoms with Crippen LogP contribution in [0.5, 0.6) is 5.75 Å². The van der Waals surface area contributed by atoms with Gasteiger partial charge in [0, 0.05) is 18.5 Å². The first kappa shape index (κ1) is 33.6. The van der Waals surface area contributed by atoms with Gasteiger partial charge in [0.1, 0.15) is 17.1 Å². The van der Waals surface area contributed by atoms with E-state index in [2.05, 4.69) is 51.1 Å². The summed E-state index contributed by atoms with van der Waals surface area (Å²) in [4.78, 5) is 46.7. The van der Waals surface area contributed by atoms with Crippen LogP contribution < -0.4 is 45.2 Å². The standard InChI is InChI=1S/C31H41N5O4Si.Na/c1-8-9-18-35-28-27(33-26(34-28)19-22-14-16-24(17-15-22)32-21(2)37)29(38)36(30(35)39)20-23-12-10-11-13-25(23)40-41(6,7)31(3,4)5;/h10-17H,8-9,18-20H2,1-7H3,(H2,32,33,34,37,38);/q;+1/p-1. The van der Waals surface area contributed by atoms with Crippen LogP contribution in [0, 0.1) is 0 Å². The van der Waals surface area contributed by atoms with Crippen LogP contribution in [-0.2, 0) is 24.3 Å². The van der Waals surface area contributed by atoms with Crippen LogP contribution in [0.2, 0.25) is 18.1 Å². The fourth-order valence-electron chi connectivity index (χ4n) is 4.35. The summed E-state index contributed by atoms with van der Waals surface area (Å²) >= 11 is 0. The van der Waals surface area contributed by atoms with E-state index >= 15 is 0 Å². The molecule has 1 N–H and O–H groups in total. The minimum Gasteiger partial charge on any atom is -0.627 e. The van der Waals surface area contributed by atoms with Crippen molar-refractivity contribution >= 4 is 31.1 Å². The number of aromatic amines is 1. The van der Waals surface area contributed by atoms with Gasteiger partial charge in [-0.3, -0.25) is 13.9 Å². The number of aromatic nitrogens is 4. The third-order valence-electron chi connectivity index (χ3n) is 7.71. The predicted octanol–water partition coefficient (Wildman–Crippen LogP) is 3.27. The molecule has 0 radical (unpaired) electrons. The zero-order valence-electron chi connectivity index (χ0n) is 26.1. The first-order chi connectivity index (χ1) is 19.3. The Kier molecular flexibility index (Phi) is 10.9. The fourth-order valence-corrected chi connectivity index (χ4v) is 5.41. The van der Waals surface area contributed by atoms with Crippen molar-refractivity contribution in [2.75, 3.05) is 0 Å². The molecule has 0 fully saturated rings. The minimum atomic E-state index is -2.15. The molecular weight excluding hydrogens is 557 g/mol. The van der Waals surface area contributed by atoms with Crippen molar-refractivity contribution in [2.24, 2.45) is 0 Å². The first-order valence-corrected chi connectivity index (χ1v) is 17.0. The molecule has 0 atom stereocenters. The van der Waals surface area contributed by atoms with Crippen LogP contribution >= 0.6 is 0 Å². The molecule has 218 valence electrons. The average Bonchev–Trinajstić information content (AvgIpc) is 3.31. The van der Waals surface area contributed by atoms with Crippen molar-refractivity contribution in [2.45, 2.75) is 85.1 Å². The summed E-state index contributed by atoms with van der Waals surface area (Å²) in [5, 5.41) is 3.93. The molecule has 4 aromatic rings. The predicted molar refractivity (Wildman–Crippen MR) is 166 cm³/mol. The number of benzene rings is 2. The largest absolute Gasteiger partial charge is 1.00 e. The van der Waals surface area contributed by atoms with Crippen LogP contribution in [0.4, 0.5) is 5.69 Å². The summed E-state index contributed by atoms with van der Waals surface area (Å²) in [5.74, 6) is 1.03. The molecule has 9 nitrogen and oxygen atoms in total. The summed E-state index contributed by atoms with van der Waals surface area (Å²) in [6.45, 7) is 14.9. The van der Waals surface area contributed by atoms with E-state index in [0.29, 0.717) is 41.4 Å². The van der Waals surface area contributed by atoms with Gasteiger partial charge >= 0.3 is 35.2 Å². The molecule has 42 heavy (non-hydrogen) atoms. The third-order valence-corrected chi connectivity index (χ3v) is 12.1. The zero-order chi connectivity index (χ0) is 29.9. The maximum absolute atomic E-state index is 13.8.